The molecule has 1 unspecified atom stereocenters. The quantitative estimate of drug-likeness (QED) is 0.803. The van der Waals surface area contributed by atoms with Crippen molar-refractivity contribution in [3.05, 3.63) is 28.8 Å². The van der Waals surface area contributed by atoms with Gasteiger partial charge >= 0.3 is 0 Å². The highest BCUT2D eigenvalue weighted by Gasteiger charge is 2.11. The molecule has 0 amide bonds. The third-order valence-electron chi connectivity index (χ3n) is 2.86. The molecule has 0 aliphatic heterocycles. The number of nitrogens with two attached hydrogens (primary N) is 1. The predicted octanol–water partition coefficient (Wildman–Crippen LogP) is 2.08. The molecule has 0 aliphatic rings. The summed E-state index contributed by atoms with van der Waals surface area (Å²) in [4.78, 5) is 0. The van der Waals surface area contributed by atoms with Gasteiger partial charge in [-0.1, -0.05) is 6.07 Å². The fourth-order valence-corrected chi connectivity index (χ4v) is 1.90. The van der Waals surface area contributed by atoms with Gasteiger partial charge in [0.1, 0.15) is 5.75 Å². The normalized spacial score (nSPS) is 12.6. The number of aliphatic hydroxyl groups excluding tert-OH is 1. The van der Waals surface area contributed by atoms with Gasteiger partial charge in [-0.25, -0.2) is 0 Å². The van der Waals surface area contributed by atoms with Gasteiger partial charge in [-0.3, -0.25) is 0 Å². The molecule has 0 spiro atoms. The summed E-state index contributed by atoms with van der Waals surface area (Å²) in [7, 11) is 1.67. The van der Waals surface area contributed by atoms with Crippen molar-refractivity contribution < 1.29 is 9.84 Å². The Morgan fingerprint density at radius 2 is 2.00 bits per heavy atom. The first-order valence-corrected chi connectivity index (χ1v) is 5.61. The van der Waals surface area contributed by atoms with Crippen LogP contribution in [0.5, 0.6) is 5.75 Å². The molecular weight excluding hydrogens is 202 g/mol. The van der Waals surface area contributed by atoms with E-state index in [4.69, 9.17) is 15.6 Å². The Labute approximate surface area is 97.2 Å². The lowest BCUT2D eigenvalue weighted by Gasteiger charge is -2.17. The average Bonchev–Trinajstić information content (AvgIpc) is 2.28. The van der Waals surface area contributed by atoms with Gasteiger partial charge in [0.05, 0.1) is 7.11 Å². The number of rotatable bonds is 5. The molecule has 0 radical (unpaired) electrons. The molecule has 3 heteroatoms. The van der Waals surface area contributed by atoms with E-state index in [9.17, 15) is 0 Å². The van der Waals surface area contributed by atoms with E-state index in [0.717, 1.165) is 35.3 Å². The maximum atomic E-state index is 8.79. The molecule has 0 aliphatic carbocycles. The van der Waals surface area contributed by atoms with E-state index >= 15 is 0 Å². The highest BCUT2D eigenvalue weighted by atomic mass is 16.5. The lowest BCUT2D eigenvalue weighted by Crippen LogP contribution is -2.12. The summed E-state index contributed by atoms with van der Waals surface area (Å²) in [5.41, 5.74) is 9.48. The smallest absolute Gasteiger partial charge is 0.122 e. The van der Waals surface area contributed by atoms with Crippen LogP contribution in [0.15, 0.2) is 12.1 Å². The second-order valence-electron chi connectivity index (χ2n) is 4.15. The molecule has 3 nitrogen and oxygen atoms in total. The van der Waals surface area contributed by atoms with E-state index < -0.39 is 0 Å². The zero-order valence-electron chi connectivity index (χ0n) is 10.3. The van der Waals surface area contributed by atoms with Crippen molar-refractivity contribution in [1.29, 1.82) is 0 Å². The largest absolute Gasteiger partial charge is 0.496 e. The van der Waals surface area contributed by atoms with Crippen molar-refractivity contribution >= 4 is 0 Å². The van der Waals surface area contributed by atoms with Crippen LogP contribution in [0, 0.1) is 13.8 Å². The highest BCUT2D eigenvalue weighted by Crippen LogP contribution is 2.27. The first-order chi connectivity index (χ1) is 7.60. The molecule has 1 atom stereocenters. The van der Waals surface area contributed by atoms with Crippen LogP contribution in [0.1, 0.15) is 35.6 Å². The Balaban J connectivity index is 2.92. The Kier molecular flexibility index (Phi) is 4.77. The van der Waals surface area contributed by atoms with Crippen LogP contribution in [0.3, 0.4) is 0 Å². The monoisotopic (exact) mass is 223 g/mol. The van der Waals surface area contributed by atoms with Crippen LogP contribution in [0.2, 0.25) is 0 Å². The van der Waals surface area contributed by atoms with Crippen molar-refractivity contribution in [1.82, 2.24) is 0 Å². The molecule has 1 rings (SSSR count). The Hall–Kier alpha value is -1.06. The van der Waals surface area contributed by atoms with Crippen molar-refractivity contribution in [3.8, 4) is 5.75 Å². The Morgan fingerprint density at radius 1 is 1.31 bits per heavy atom. The minimum atomic E-state index is -0.00300. The van der Waals surface area contributed by atoms with Gasteiger partial charge in [0.2, 0.25) is 0 Å². The van der Waals surface area contributed by atoms with E-state index in [0.29, 0.717) is 0 Å². The van der Waals surface area contributed by atoms with Crippen LogP contribution in [0.4, 0.5) is 0 Å². The van der Waals surface area contributed by atoms with Gasteiger partial charge in [0, 0.05) is 12.6 Å². The summed E-state index contributed by atoms with van der Waals surface area (Å²) in [6.07, 6.45) is 1.55. The van der Waals surface area contributed by atoms with Crippen molar-refractivity contribution in [3.63, 3.8) is 0 Å². The molecule has 16 heavy (non-hydrogen) atoms. The molecule has 90 valence electrons. The standard InChI is InChI=1S/C13H21NO2/c1-9-8-13(16-3)10(2)7-11(9)12(14)5-4-6-15/h7-8,12,15H,4-6,14H2,1-3H3. The van der Waals surface area contributed by atoms with Crippen LogP contribution in [0.25, 0.3) is 0 Å². The molecular formula is C13H21NO2. The number of ether oxygens (including phenoxy) is 1. The van der Waals surface area contributed by atoms with E-state index in [1.165, 1.54) is 0 Å². The van der Waals surface area contributed by atoms with Gasteiger partial charge in [-0.15, -0.1) is 0 Å². The zero-order valence-corrected chi connectivity index (χ0v) is 10.3. The van der Waals surface area contributed by atoms with Gasteiger partial charge in [-0.2, -0.15) is 0 Å². The number of hydrogen-bond acceptors (Lipinski definition) is 3. The predicted molar refractivity (Wildman–Crippen MR) is 65.7 cm³/mol. The first kappa shape index (κ1) is 13.0. The highest BCUT2D eigenvalue weighted by molar-refractivity contribution is 5.42. The number of methoxy groups -OCH3 is 1. The molecule has 0 fully saturated rings. The van der Waals surface area contributed by atoms with Gasteiger partial charge in [0.15, 0.2) is 0 Å². The summed E-state index contributed by atoms with van der Waals surface area (Å²) in [6.45, 7) is 4.25. The van der Waals surface area contributed by atoms with Crippen LogP contribution >= 0.6 is 0 Å². The summed E-state index contributed by atoms with van der Waals surface area (Å²) in [5, 5.41) is 8.79. The molecule has 1 aromatic carbocycles. The molecule has 0 bridgehead atoms. The SMILES string of the molecule is COc1cc(C)c(C(N)CCCO)cc1C. The topological polar surface area (TPSA) is 55.5 Å². The third kappa shape index (κ3) is 2.97. The number of hydrogen-bond donors (Lipinski definition) is 2. The summed E-state index contributed by atoms with van der Waals surface area (Å²) >= 11 is 0. The molecule has 1 aromatic rings. The lowest BCUT2D eigenvalue weighted by molar-refractivity contribution is 0.280. The molecule has 0 heterocycles. The number of aryl methyl sites for hydroxylation is 2. The average molecular weight is 223 g/mol. The number of benzene rings is 1. The fourth-order valence-electron chi connectivity index (χ4n) is 1.90. The Morgan fingerprint density at radius 3 is 2.56 bits per heavy atom. The van der Waals surface area contributed by atoms with E-state index in [-0.39, 0.29) is 12.6 Å². The summed E-state index contributed by atoms with van der Waals surface area (Å²) in [6, 6.07) is 4.09. The Bertz CT molecular complexity index is 350. The van der Waals surface area contributed by atoms with Crippen LogP contribution in [-0.2, 0) is 0 Å². The van der Waals surface area contributed by atoms with Crippen LogP contribution < -0.4 is 10.5 Å². The maximum Gasteiger partial charge on any atom is 0.122 e. The third-order valence-corrected chi connectivity index (χ3v) is 2.86. The maximum absolute atomic E-state index is 8.79. The summed E-state index contributed by atoms with van der Waals surface area (Å²) in [5.74, 6) is 0.899. The van der Waals surface area contributed by atoms with E-state index in [1.54, 1.807) is 7.11 Å². The molecule has 0 saturated heterocycles. The van der Waals surface area contributed by atoms with Crippen LogP contribution in [-0.4, -0.2) is 18.8 Å². The van der Waals surface area contributed by atoms with E-state index in [1.807, 2.05) is 19.9 Å². The van der Waals surface area contributed by atoms with Gasteiger partial charge < -0.3 is 15.6 Å². The van der Waals surface area contributed by atoms with Crippen molar-refractivity contribution in [2.75, 3.05) is 13.7 Å². The minimum Gasteiger partial charge on any atom is -0.496 e. The second-order valence-corrected chi connectivity index (χ2v) is 4.15. The van der Waals surface area contributed by atoms with Gasteiger partial charge in [-0.05, 0) is 49.4 Å². The molecule has 0 aromatic heterocycles. The van der Waals surface area contributed by atoms with Crippen molar-refractivity contribution in [2.24, 2.45) is 5.73 Å². The lowest BCUT2D eigenvalue weighted by atomic mass is 9.96. The fraction of sp³-hybridized carbons (Fsp3) is 0.538. The van der Waals surface area contributed by atoms with Gasteiger partial charge in [0.25, 0.3) is 0 Å². The van der Waals surface area contributed by atoms with Crippen molar-refractivity contribution in [2.45, 2.75) is 32.7 Å². The molecule has 0 saturated carbocycles. The minimum absolute atomic E-state index is 0.00300. The summed E-state index contributed by atoms with van der Waals surface area (Å²) < 4.78 is 5.26. The number of aliphatic hydroxyl groups is 1. The molecule has 3 N–H and O–H groups in total. The first-order valence-electron chi connectivity index (χ1n) is 5.61. The van der Waals surface area contributed by atoms with E-state index in [2.05, 4.69) is 6.07 Å². The zero-order chi connectivity index (χ0) is 12.1. The second kappa shape index (κ2) is 5.87.